The summed E-state index contributed by atoms with van der Waals surface area (Å²) >= 11 is 0. The van der Waals surface area contributed by atoms with Crippen LogP contribution in [0.15, 0.2) is 11.6 Å². The minimum Gasteiger partial charge on any atom is -0.466 e. The Hall–Kier alpha value is -0.830. The van der Waals surface area contributed by atoms with Crippen LogP contribution in [0.2, 0.25) is 0 Å². The van der Waals surface area contributed by atoms with Gasteiger partial charge in [-0.15, -0.1) is 0 Å². The van der Waals surface area contributed by atoms with Gasteiger partial charge in [-0.2, -0.15) is 0 Å². The first-order valence-corrected chi connectivity index (χ1v) is 6.47. The summed E-state index contributed by atoms with van der Waals surface area (Å²) < 4.78 is 4.84. The summed E-state index contributed by atoms with van der Waals surface area (Å²) in [6, 6.07) is 0.842. The van der Waals surface area contributed by atoms with Gasteiger partial charge >= 0.3 is 5.97 Å². The van der Waals surface area contributed by atoms with E-state index in [1.165, 1.54) is 7.11 Å². The molecule has 0 aromatic heterocycles. The van der Waals surface area contributed by atoms with Crippen LogP contribution < -0.4 is 0 Å². The Morgan fingerprint density at radius 2 is 1.76 bits per heavy atom. The van der Waals surface area contributed by atoms with Crippen LogP contribution in [0, 0.1) is 0 Å². The zero-order valence-corrected chi connectivity index (χ0v) is 12.1. The van der Waals surface area contributed by atoms with E-state index in [1.807, 2.05) is 6.08 Å². The number of hydrogen-bond acceptors (Lipinski definition) is 3. The fourth-order valence-corrected chi connectivity index (χ4v) is 1.82. The minimum atomic E-state index is -0.204. The highest BCUT2D eigenvalue weighted by Crippen LogP contribution is 2.11. The van der Waals surface area contributed by atoms with Crippen LogP contribution in [0.5, 0.6) is 0 Å². The largest absolute Gasteiger partial charge is 0.466 e. The zero-order valence-electron chi connectivity index (χ0n) is 12.1. The summed E-state index contributed by atoms with van der Waals surface area (Å²) in [5.74, 6) is -0.204. The molecular formula is C14H27NO2. The molecule has 0 amide bonds. The van der Waals surface area contributed by atoms with Crippen LogP contribution in [0.4, 0.5) is 0 Å². The van der Waals surface area contributed by atoms with Gasteiger partial charge in [0.2, 0.25) is 0 Å². The van der Waals surface area contributed by atoms with Gasteiger partial charge in [-0.3, -0.25) is 4.90 Å². The molecule has 0 bridgehead atoms. The van der Waals surface area contributed by atoms with E-state index in [2.05, 4.69) is 39.5 Å². The van der Waals surface area contributed by atoms with Crippen molar-refractivity contribution in [1.82, 2.24) is 4.90 Å². The molecule has 0 radical (unpaired) electrons. The first kappa shape index (κ1) is 16.2. The number of hydrogen-bond donors (Lipinski definition) is 0. The van der Waals surface area contributed by atoms with E-state index >= 15 is 0 Å². The second-order valence-corrected chi connectivity index (χ2v) is 4.87. The van der Waals surface area contributed by atoms with Crippen LogP contribution in [-0.4, -0.2) is 36.6 Å². The van der Waals surface area contributed by atoms with Gasteiger partial charge in [0.15, 0.2) is 0 Å². The van der Waals surface area contributed by atoms with Crippen molar-refractivity contribution in [3.05, 3.63) is 11.6 Å². The number of carbonyl (C=O) groups excluding carboxylic acids is 1. The SMILES string of the molecule is CCC/C=C(/CN(C(C)C)C(C)C)C(=O)OC. The van der Waals surface area contributed by atoms with Crippen LogP contribution in [0.1, 0.15) is 47.5 Å². The summed E-state index contributed by atoms with van der Waals surface area (Å²) in [5, 5.41) is 0. The Kier molecular flexibility index (Phi) is 7.88. The Morgan fingerprint density at radius 3 is 2.12 bits per heavy atom. The van der Waals surface area contributed by atoms with Gasteiger partial charge in [0.25, 0.3) is 0 Å². The molecule has 0 N–H and O–H groups in total. The molecule has 0 aliphatic rings. The predicted octanol–water partition coefficient (Wildman–Crippen LogP) is 3.00. The number of esters is 1. The third-order valence-corrected chi connectivity index (χ3v) is 2.81. The van der Waals surface area contributed by atoms with E-state index in [-0.39, 0.29) is 5.97 Å². The quantitative estimate of drug-likeness (QED) is 0.507. The Balaban J connectivity index is 4.77. The maximum atomic E-state index is 11.7. The molecule has 0 rings (SSSR count). The van der Waals surface area contributed by atoms with Gasteiger partial charge in [0.1, 0.15) is 0 Å². The fraction of sp³-hybridized carbons (Fsp3) is 0.786. The van der Waals surface area contributed by atoms with Crippen molar-refractivity contribution in [2.45, 2.75) is 59.5 Å². The Morgan fingerprint density at radius 1 is 1.24 bits per heavy atom. The average Bonchev–Trinajstić information content (AvgIpc) is 2.27. The highest BCUT2D eigenvalue weighted by atomic mass is 16.5. The molecule has 17 heavy (non-hydrogen) atoms. The van der Waals surface area contributed by atoms with Crippen molar-refractivity contribution < 1.29 is 9.53 Å². The number of ether oxygens (including phenoxy) is 1. The molecule has 0 aromatic rings. The number of allylic oxidation sites excluding steroid dienone is 1. The smallest absolute Gasteiger partial charge is 0.334 e. The lowest BCUT2D eigenvalue weighted by Crippen LogP contribution is -2.39. The second kappa shape index (κ2) is 8.29. The molecule has 0 spiro atoms. The van der Waals surface area contributed by atoms with E-state index in [1.54, 1.807) is 0 Å². The first-order chi connectivity index (χ1) is 7.93. The summed E-state index contributed by atoms with van der Waals surface area (Å²) in [4.78, 5) is 14.0. The van der Waals surface area contributed by atoms with Crippen molar-refractivity contribution in [3.63, 3.8) is 0 Å². The van der Waals surface area contributed by atoms with Gasteiger partial charge in [0.05, 0.1) is 7.11 Å². The minimum absolute atomic E-state index is 0.204. The predicted molar refractivity (Wildman–Crippen MR) is 72.0 cm³/mol. The van der Waals surface area contributed by atoms with Crippen molar-refractivity contribution >= 4 is 5.97 Å². The van der Waals surface area contributed by atoms with E-state index in [0.717, 1.165) is 18.4 Å². The van der Waals surface area contributed by atoms with E-state index in [0.29, 0.717) is 18.6 Å². The van der Waals surface area contributed by atoms with Crippen LogP contribution >= 0.6 is 0 Å². The molecule has 0 unspecified atom stereocenters. The third-order valence-electron chi connectivity index (χ3n) is 2.81. The maximum Gasteiger partial charge on any atom is 0.334 e. The highest BCUT2D eigenvalue weighted by Gasteiger charge is 2.18. The molecule has 0 fully saturated rings. The Labute approximate surface area is 106 Å². The van der Waals surface area contributed by atoms with Gasteiger partial charge in [-0.25, -0.2) is 4.79 Å². The van der Waals surface area contributed by atoms with Crippen molar-refractivity contribution in [2.75, 3.05) is 13.7 Å². The lowest BCUT2D eigenvalue weighted by atomic mass is 10.1. The topological polar surface area (TPSA) is 29.5 Å². The molecular weight excluding hydrogens is 214 g/mol. The van der Waals surface area contributed by atoms with E-state index in [9.17, 15) is 4.79 Å². The molecule has 0 atom stereocenters. The summed E-state index contributed by atoms with van der Waals surface area (Å²) in [6.45, 7) is 11.4. The van der Waals surface area contributed by atoms with Crippen molar-refractivity contribution in [3.8, 4) is 0 Å². The summed E-state index contributed by atoms with van der Waals surface area (Å²) in [6.07, 6.45) is 3.97. The molecule has 0 aliphatic carbocycles. The van der Waals surface area contributed by atoms with Crippen LogP contribution in [0.3, 0.4) is 0 Å². The fourth-order valence-electron chi connectivity index (χ4n) is 1.82. The van der Waals surface area contributed by atoms with Gasteiger partial charge in [-0.05, 0) is 34.1 Å². The molecule has 0 saturated heterocycles. The molecule has 0 saturated carbocycles. The van der Waals surface area contributed by atoms with Gasteiger partial charge in [0, 0.05) is 24.2 Å². The lowest BCUT2D eigenvalue weighted by Gasteiger charge is -2.30. The zero-order chi connectivity index (χ0) is 13.4. The standard InChI is InChI=1S/C14H27NO2/c1-7-8-9-13(14(16)17-6)10-15(11(2)3)12(4)5/h9,11-12H,7-8,10H2,1-6H3/b13-9-. The van der Waals surface area contributed by atoms with E-state index in [4.69, 9.17) is 4.74 Å². The normalized spacial score (nSPS) is 12.6. The van der Waals surface area contributed by atoms with Crippen molar-refractivity contribution in [1.29, 1.82) is 0 Å². The summed E-state index contributed by atoms with van der Waals surface area (Å²) in [7, 11) is 1.44. The molecule has 0 heterocycles. The number of nitrogens with zero attached hydrogens (tertiary/aromatic N) is 1. The van der Waals surface area contributed by atoms with Gasteiger partial charge < -0.3 is 4.74 Å². The van der Waals surface area contributed by atoms with Crippen molar-refractivity contribution in [2.24, 2.45) is 0 Å². The monoisotopic (exact) mass is 241 g/mol. The Bertz CT molecular complexity index is 249. The molecule has 0 aromatic carbocycles. The lowest BCUT2D eigenvalue weighted by molar-refractivity contribution is -0.136. The number of unbranched alkanes of at least 4 members (excludes halogenated alkanes) is 1. The molecule has 0 aliphatic heterocycles. The first-order valence-electron chi connectivity index (χ1n) is 6.47. The summed E-state index contributed by atoms with van der Waals surface area (Å²) in [5.41, 5.74) is 0.775. The number of carbonyl (C=O) groups is 1. The molecule has 3 heteroatoms. The maximum absolute atomic E-state index is 11.7. The highest BCUT2D eigenvalue weighted by molar-refractivity contribution is 5.88. The van der Waals surface area contributed by atoms with E-state index < -0.39 is 0 Å². The third kappa shape index (κ3) is 5.87. The molecule has 3 nitrogen and oxygen atoms in total. The average molecular weight is 241 g/mol. The number of rotatable bonds is 7. The van der Waals surface area contributed by atoms with Crippen LogP contribution in [-0.2, 0) is 9.53 Å². The second-order valence-electron chi connectivity index (χ2n) is 4.87. The number of methoxy groups -OCH3 is 1. The molecule has 100 valence electrons. The van der Waals surface area contributed by atoms with Gasteiger partial charge in [-0.1, -0.05) is 19.4 Å². The van der Waals surface area contributed by atoms with Crippen LogP contribution in [0.25, 0.3) is 0 Å².